The fourth-order valence-electron chi connectivity index (χ4n) is 3.11. The van der Waals surface area contributed by atoms with Gasteiger partial charge in [0.1, 0.15) is 11.4 Å². The van der Waals surface area contributed by atoms with Crippen LogP contribution in [0.4, 0.5) is 0 Å². The highest BCUT2D eigenvalue weighted by Crippen LogP contribution is 2.45. The summed E-state index contributed by atoms with van der Waals surface area (Å²) in [6.45, 7) is 6.90. The Morgan fingerprint density at radius 2 is 2.39 bits per heavy atom. The summed E-state index contributed by atoms with van der Waals surface area (Å²) < 4.78 is 12.3. The molecule has 0 aliphatic carbocycles. The molecule has 2 aliphatic rings. The lowest BCUT2D eigenvalue weighted by molar-refractivity contribution is -0.0358. The number of nitrogens with one attached hydrogen (secondary N) is 1. The summed E-state index contributed by atoms with van der Waals surface area (Å²) in [6.07, 6.45) is 2.22. The Hall–Kier alpha value is -1.06. The van der Waals surface area contributed by atoms with Gasteiger partial charge in [0.25, 0.3) is 0 Å². The minimum Gasteiger partial charge on any atom is -0.485 e. The van der Waals surface area contributed by atoms with Crippen LogP contribution in [0.5, 0.6) is 5.75 Å². The number of benzene rings is 1. The average molecular weight is 247 g/mol. The molecule has 1 aromatic rings. The molecular weight excluding hydrogens is 226 g/mol. The first-order chi connectivity index (χ1) is 8.74. The van der Waals surface area contributed by atoms with Gasteiger partial charge >= 0.3 is 0 Å². The summed E-state index contributed by atoms with van der Waals surface area (Å²) in [4.78, 5) is 0. The first-order valence-electron chi connectivity index (χ1n) is 6.85. The Labute approximate surface area is 108 Å². The zero-order valence-electron chi connectivity index (χ0n) is 11.2. The predicted octanol–water partition coefficient (Wildman–Crippen LogP) is 2.59. The van der Waals surface area contributed by atoms with Crippen LogP contribution in [0, 0.1) is 6.92 Å². The van der Waals surface area contributed by atoms with Gasteiger partial charge in [0, 0.05) is 31.6 Å². The smallest absolute Gasteiger partial charge is 0.128 e. The summed E-state index contributed by atoms with van der Waals surface area (Å²) >= 11 is 0. The number of hydrogen-bond acceptors (Lipinski definition) is 3. The molecule has 3 nitrogen and oxygen atoms in total. The molecule has 3 rings (SSSR count). The van der Waals surface area contributed by atoms with Crippen molar-refractivity contribution in [1.82, 2.24) is 5.32 Å². The molecule has 2 atom stereocenters. The molecule has 1 N–H and O–H groups in total. The van der Waals surface area contributed by atoms with E-state index in [1.165, 1.54) is 11.1 Å². The van der Waals surface area contributed by atoms with E-state index in [2.05, 4.69) is 37.4 Å². The molecule has 1 spiro atoms. The second-order valence-electron chi connectivity index (χ2n) is 5.35. The Bertz CT molecular complexity index is 438. The third kappa shape index (κ3) is 1.91. The molecule has 0 amide bonds. The van der Waals surface area contributed by atoms with Crippen molar-refractivity contribution in [3.63, 3.8) is 0 Å². The molecule has 18 heavy (non-hydrogen) atoms. The molecule has 2 aliphatic heterocycles. The molecule has 98 valence electrons. The van der Waals surface area contributed by atoms with Crippen LogP contribution in [0.3, 0.4) is 0 Å². The van der Waals surface area contributed by atoms with Crippen molar-refractivity contribution in [2.45, 2.75) is 38.4 Å². The number of ether oxygens (including phenoxy) is 2. The van der Waals surface area contributed by atoms with Crippen LogP contribution < -0.4 is 10.1 Å². The van der Waals surface area contributed by atoms with E-state index >= 15 is 0 Å². The molecule has 0 radical (unpaired) electrons. The summed E-state index contributed by atoms with van der Waals surface area (Å²) in [5.74, 6) is 1.05. The molecule has 1 fully saturated rings. The Balaban J connectivity index is 2.00. The third-order valence-electron chi connectivity index (χ3n) is 4.04. The van der Waals surface area contributed by atoms with Crippen LogP contribution in [0.25, 0.3) is 0 Å². The average Bonchev–Trinajstić information content (AvgIpc) is 2.79. The number of hydrogen-bond donors (Lipinski definition) is 1. The van der Waals surface area contributed by atoms with Gasteiger partial charge < -0.3 is 14.8 Å². The van der Waals surface area contributed by atoms with Gasteiger partial charge in [-0.1, -0.05) is 18.2 Å². The quantitative estimate of drug-likeness (QED) is 0.871. The largest absolute Gasteiger partial charge is 0.485 e. The summed E-state index contributed by atoms with van der Waals surface area (Å²) in [5, 5.41) is 3.42. The van der Waals surface area contributed by atoms with Gasteiger partial charge in [-0.2, -0.15) is 0 Å². The Kier molecular flexibility index (Phi) is 3.04. The van der Waals surface area contributed by atoms with Gasteiger partial charge in [-0.25, -0.2) is 0 Å². The lowest BCUT2D eigenvalue weighted by Gasteiger charge is -2.40. The van der Waals surface area contributed by atoms with E-state index < -0.39 is 0 Å². The van der Waals surface area contributed by atoms with Crippen LogP contribution in [0.15, 0.2) is 18.2 Å². The van der Waals surface area contributed by atoms with Gasteiger partial charge in [0.15, 0.2) is 0 Å². The molecule has 0 aromatic heterocycles. The standard InChI is InChI=1S/C15H21NO2/c1-3-17-13-9-15(7-8-16-10-15)18-14-11(2)5-4-6-12(13)14/h4-6,13,16H,3,7-10H2,1-2H3. The van der Waals surface area contributed by atoms with Crippen molar-refractivity contribution in [3.05, 3.63) is 29.3 Å². The van der Waals surface area contributed by atoms with Crippen molar-refractivity contribution >= 4 is 0 Å². The predicted molar refractivity (Wildman–Crippen MR) is 71.0 cm³/mol. The number of rotatable bonds is 2. The van der Waals surface area contributed by atoms with Gasteiger partial charge in [-0.15, -0.1) is 0 Å². The minimum absolute atomic E-state index is 0.0566. The molecule has 0 bridgehead atoms. The van der Waals surface area contributed by atoms with E-state index in [9.17, 15) is 0 Å². The topological polar surface area (TPSA) is 30.5 Å². The van der Waals surface area contributed by atoms with Gasteiger partial charge in [0.05, 0.1) is 6.10 Å². The number of aryl methyl sites for hydroxylation is 1. The highest BCUT2D eigenvalue weighted by atomic mass is 16.5. The molecule has 1 saturated heterocycles. The summed E-state index contributed by atoms with van der Waals surface area (Å²) in [5.41, 5.74) is 2.37. The van der Waals surface area contributed by atoms with Crippen molar-refractivity contribution in [2.24, 2.45) is 0 Å². The van der Waals surface area contributed by atoms with Crippen molar-refractivity contribution in [3.8, 4) is 5.75 Å². The zero-order chi connectivity index (χ0) is 12.6. The van der Waals surface area contributed by atoms with Crippen LogP contribution in [-0.2, 0) is 4.74 Å². The lowest BCUT2D eigenvalue weighted by Crippen LogP contribution is -2.43. The van der Waals surface area contributed by atoms with Crippen LogP contribution in [-0.4, -0.2) is 25.3 Å². The molecular formula is C15H21NO2. The Morgan fingerprint density at radius 1 is 1.50 bits per heavy atom. The maximum Gasteiger partial charge on any atom is 0.128 e. The number of para-hydroxylation sites is 1. The maximum atomic E-state index is 6.35. The highest BCUT2D eigenvalue weighted by molar-refractivity contribution is 5.44. The normalized spacial score (nSPS) is 30.2. The van der Waals surface area contributed by atoms with Gasteiger partial charge in [0.2, 0.25) is 0 Å². The van der Waals surface area contributed by atoms with Crippen LogP contribution in [0.1, 0.15) is 37.0 Å². The second kappa shape index (κ2) is 4.56. The van der Waals surface area contributed by atoms with Gasteiger partial charge in [-0.05, 0) is 26.0 Å². The Morgan fingerprint density at radius 3 is 3.11 bits per heavy atom. The van der Waals surface area contributed by atoms with Crippen LogP contribution in [0.2, 0.25) is 0 Å². The fraction of sp³-hybridized carbons (Fsp3) is 0.600. The zero-order valence-corrected chi connectivity index (χ0v) is 11.2. The van der Waals surface area contributed by atoms with E-state index in [-0.39, 0.29) is 11.7 Å². The van der Waals surface area contributed by atoms with E-state index in [1.807, 2.05) is 0 Å². The highest BCUT2D eigenvalue weighted by Gasteiger charge is 2.43. The van der Waals surface area contributed by atoms with Crippen molar-refractivity contribution < 1.29 is 9.47 Å². The van der Waals surface area contributed by atoms with E-state index in [0.29, 0.717) is 0 Å². The first kappa shape index (κ1) is 12.0. The van der Waals surface area contributed by atoms with E-state index in [0.717, 1.165) is 38.3 Å². The molecule has 2 unspecified atom stereocenters. The first-order valence-corrected chi connectivity index (χ1v) is 6.85. The van der Waals surface area contributed by atoms with Crippen molar-refractivity contribution in [1.29, 1.82) is 0 Å². The van der Waals surface area contributed by atoms with E-state index in [1.54, 1.807) is 0 Å². The van der Waals surface area contributed by atoms with Crippen LogP contribution >= 0.6 is 0 Å². The minimum atomic E-state index is -0.0566. The molecule has 1 aromatic carbocycles. The second-order valence-corrected chi connectivity index (χ2v) is 5.35. The van der Waals surface area contributed by atoms with Crippen molar-refractivity contribution in [2.75, 3.05) is 19.7 Å². The summed E-state index contributed by atoms with van der Waals surface area (Å²) in [7, 11) is 0. The monoisotopic (exact) mass is 247 g/mol. The molecule has 0 saturated carbocycles. The molecule has 2 heterocycles. The van der Waals surface area contributed by atoms with E-state index in [4.69, 9.17) is 9.47 Å². The van der Waals surface area contributed by atoms with Gasteiger partial charge in [-0.3, -0.25) is 0 Å². The third-order valence-corrected chi connectivity index (χ3v) is 4.04. The fourth-order valence-corrected chi connectivity index (χ4v) is 3.11. The maximum absolute atomic E-state index is 6.35. The lowest BCUT2D eigenvalue weighted by atomic mass is 9.87. The summed E-state index contributed by atoms with van der Waals surface area (Å²) in [6, 6.07) is 6.34. The SMILES string of the molecule is CCOC1CC2(CCNC2)Oc2c(C)cccc21. The number of fused-ring (bicyclic) bond motifs is 1. The molecule has 3 heteroatoms.